The van der Waals surface area contributed by atoms with Gasteiger partial charge < -0.3 is 9.47 Å². The summed E-state index contributed by atoms with van der Waals surface area (Å²) in [6.07, 6.45) is 21.6. The third-order valence-corrected chi connectivity index (χ3v) is 10.1. The van der Waals surface area contributed by atoms with Gasteiger partial charge in [0, 0.05) is 19.5 Å². The van der Waals surface area contributed by atoms with Gasteiger partial charge >= 0.3 is 0 Å². The summed E-state index contributed by atoms with van der Waals surface area (Å²) in [6.45, 7) is 4.56. The molecule has 4 rings (SSSR count). The number of ether oxygens (including phenoxy) is 2. The number of rotatable bonds is 17. The summed E-state index contributed by atoms with van der Waals surface area (Å²) >= 11 is 3.87. The Kier molecular flexibility index (Phi) is 13.0. The van der Waals surface area contributed by atoms with Gasteiger partial charge in [0.15, 0.2) is 0 Å². The molecule has 2 aromatic carbocycles. The van der Waals surface area contributed by atoms with Crippen LogP contribution in [-0.4, -0.2) is 14.2 Å². The van der Waals surface area contributed by atoms with E-state index in [1.807, 2.05) is 46.9 Å². The number of hydrogen-bond acceptors (Lipinski definition) is 4. The minimum absolute atomic E-state index is 0.891. The van der Waals surface area contributed by atoms with E-state index in [1.165, 1.54) is 93.1 Å². The van der Waals surface area contributed by atoms with Gasteiger partial charge in [0.2, 0.25) is 0 Å². The van der Waals surface area contributed by atoms with E-state index in [1.54, 1.807) is 14.2 Å². The van der Waals surface area contributed by atoms with Gasteiger partial charge in [-0.25, -0.2) is 0 Å². The molecule has 0 spiro atoms. The molecule has 0 radical (unpaired) electrons. The van der Waals surface area contributed by atoms with E-state index < -0.39 is 0 Å². The second-order valence-corrected chi connectivity index (χ2v) is 13.0. The molecule has 0 bridgehead atoms. The van der Waals surface area contributed by atoms with Crippen LogP contribution in [0.15, 0.2) is 60.7 Å². The third-order valence-electron chi connectivity index (χ3n) is 7.61. The van der Waals surface area contributed by atoms with Gasteiger partial charge in [-0.05, 0) is 96.5 Å². The monoisotopic (exact) mass is 598 g/mol. The highest BCUT2D eigenvalue weighted by Crippen LogP contribution is 2.40. The Morgan fingerprint density at radius 3 is 1.29 bits per heavy atom. The fourth-order valence-corrected chi connectivity index (χ4v) is 7.36. The van der Waals surface area contributed by atoms with Gasteiger partial charge in [-0.3, -0.25) is 0 Å². The van der Waals surface area contributed by atoms with Crippen molar-refractivity contribution in [2.75, 3.05) is 14.2 Å². The fourth-order valence-electron chi connectivity index (χ4n) is 5.06. The van der Waals surface area contributed by atoms with Crippen LogP contribution in [0.4, 0.5) is 0 Å². The van der Waals surface area contributed by atoms with Gasteiger partial charge in [0.25, 0.3) is 0 Å². The van der Waals surface area contributed by atoms with Crippen molar-refractivity contribution in [2.45, 2.75) is 78.1 Å². The Morgan fingerprint density at radius 2 is 0.929 bits per heavy atom. The van der Waals surface area contributed by atoms with Crippen molar-refractivity contribution >= 4 is 47.0 Å². The zero-order valence-electron chi connectivity index (χ0n) is 25.8. The average molecular weight is 599 g/mol. The first-order chi connectivity index (χ1) is 20.6. The Morgan fingerprint density at radius 1 is 0.524 bits per heavy atom. The van der Waals surface area contributed by atoms with E-state index in [-0.39, 0.29) is 0 Å². The largest absolute Gasteiger partial charge is 0.497 e. The van der Waals surface area contributed by atoms with Gasteiger partial charge in [-0.15, -0.1) is 22.7 Å². The molecule has 0 unspecified atom stereocenters. The molecule has 0 aliphatic heterocycles. The Bertz CT molecular complexity index is 1290. The molecular weight excluding hydrogens is 553 g/mol. The molecule has 222 valence electrons. The van der Waals surface area contributed by atoms with E-state index in [2.05, 4.69) is 74.5 Å². The highest BCUT2D eigenvalue weighted by atomic mass is 32.1. The number of aryl methyl sites for hydroxylation is 2. The summed E-state index contributed by atoms with van der Waals surface area (Å²) < 4.78 is 10.7. The van der Waals surface area contributed by atoms with E-state index in [4.69, 9.17) is 9.47 Å². The number of methoxy groups -OCH3 is 2. The maximum Gasteiger partial charge on any atom is 0.118 e. The van der Waals surface area contributed by atoms with Gasteiger partial charge in [-0.2, -0.15) is 0 Å². The summed E-state index contributed by atoms with van der Waals surface area (Å²) in [7, 11) is 3.43. The van der Waals surface area contributed by atoms with E-state index in [0.29, 0.717) is 0 Å². The summed E-state index contributed by atoms with van der Waals surface area (Å²) in [5.41, 5.74) is 5.34. The van der Waals surface area contributed by atoms with Crippen LogP contribution in [0.2, 0.25) is 0 Å². The maximum absolute atomic E-state index is 5.34. The first-order valence-electron chi connectivity index (χ1n) is 15.5. The molecule has 0 atom stereocenters. The molecule has 2 nitrogen and oxygen atoms in total. The molecule has 4 heteroatoms. The van der Waals surface area contributed by atoms with E-state index in [0.717, 1.165) is 24.3 Å². The van der Waals surface area contributed by atoms with Crippen molar-refractivity contribution in [3.63, 3.8) is 0 Å². The van der Waals surface area contributed by atoms with Gasteiger partial charge in [0.05, 0.1) is 14.2 Å². The van der Waals surface area contributed by atoms with Crippen molar-refractivity contribution in [3.05, 3.63) is 92.7 Å². The molecule has 4 aromatic rings. The van der Waals surface area contributed by atoms with Crippen LogP contribution >= 0.6 is 22.7 Å². The molecule has 42 heavy (non-hydrogen) atoms. The van der Waals surface area contributed by atoms with Crippen LogP contribution in [-0.2, 0) is 12.8 Å². The predicted molar refractivity (Wildman–Crippen MR) is 187 cm³/mol. The number of benzene rings is 2. The number of hydrogen-bond donors (Lipinski definition) is 0. The lowest BCUT2D eigenvalue weighted by Gasteiger charge is -2.01. The van der Waals surface area contributed by atoms with Gasteiger partial charge in [0.1, 0.15) is 11.5 Å². The highest BCUT2D eigenvalue weighted by Gasteiger charge is 2.14. The minimum Gasteiger partial charge on any atom is -0.497 e. The number of thiophene rings is 2. The summed E-state index contributed by atoms with van der Waals surface area (Å²) in [5.74, 6) is 1.78. The minimum atomic E-state index is 0.891. The summed E-state index contributed by atoms with van der Waals surface area (Å²) in [4.78, 5) is 5.54. The lowest BCUT2D eigenvalue weighted by molar-refractivity contribution is 0.414. The van der Waals surface area contributed by atoms with Crippen molar-refractivity contribution in [2.24, 2.45) is 0 Å². The molecule has 0 saturated carbocycles. The molecule has 0 amide bonds. The lowest BCUT2D eigenvalue weighted by Crippen LogP contribution is -1.86. The molecule has 2 heterocycles. The highest BCUT2D eigenvalue weighted by molar-refractivity contribution is 7.23. The zero-order chi connectivity index (χ0) is 29.6. The maximum atomic E-state index is 5.34. The van der Waals surface area contributed by atoms with E-state index in [9.17, 15) is 0 Å². The first kappa shape index (κ1) is 31.8. The molecular formula is C38H46O2S2. The summed E-state index contributed by atoms with van der Waals surface area (Å²) in [5, 5.41) is 0. The van der Waals surface area contributed by atoms with Crippen LogP contribution in [0.3, 0.4) is 0 Å². The number of unbranched alkanes of at least 4 members (excludes halogenated alkanes) is 6. The normalized spacial score (nSPS) is 11.6. The van der Waals surface area contributed by atoms with Crippen molar-refractivity contribution < 1.29 is 9.47 Å². The molecule has 2 aromatic heterocycles. The second kappa shape index (κ2) is 17.1. The predicted octanol–water partition coefficient (Wildman–Crippen LogP) is 12.1. The molecule has 0 aliphatic carbocycles. The molecule has 0 N–H and O–H groups in total. The van der Waals surface area contributed by atoms with E-state index >= 15 is 0 Å². The Labute approximate surface area is 261 Å². The van der Waals surface area contributed by atoms with Crippen molar-refractivity contribution in [1.82, 2.24) is 0 Å². The lowest BCUT2D eigenvalue weighted by atomic mass is 10.0. The topological polar surface area (TPSA) is 18.5 Å². The Hall–Kier alpha value is -3.08. The average Bonchev–Trinajstić information content (AvgIpc) is 3.63. The van der Waals surface area contributed by atoms with Crippen LogP contribution in [0.25, 0.3) is 34.1 Å². The van der Waals surface area contributed by atoms with Crippen LogP contribution in [0, 0.1) is 0 Å². The molecule has 0 fully saturated rings. The SMILES string of the molecule is CCCCCCc1cc(-c2cc(CCCCCC)c(/C=C/c3ccc(OC)cc3)s2)sc1/C=C/c1ccc(OC)cc1. The van der Waals surface area contributed by atoms with Crippen LogP contribution in [0.1, 0.15) is 97.2 Å². The Balaban J connectivity index is 1.62. The first-order valence-corrected chi connectivity index (χ1v) is 17.2. The second-order valence-electron chi connectivity index (χ2n) is 10.8. The standard InChI is InChI=1S/C38H46O2S2/c1-5-7-9-11-13-31-27-37(41-35(31)25-19-29-15-21-33(39-3)22-16-29)38-28-32(14-12-10-8-6-2)36(42-38)26-20-30-17-23-34(40-4)24-18-30/h15-28H,5-14H2,1-4H3/b25-19+,26-20+. The smallest absolute Gasteiger partial charge is 0.118 e. The van der Waals surface area contributed by atoms with Crippen molar-refractivity contribution in [1.29, 1.82) is 0 Å². The molecule has 0 saturated heterocycles. The van der Waals surface area contributed by atoms with Crippen molar-refractivity contribution in [3.8, 4) is 21.3 Å². The summed E-state index contributed by atoms with van der Waals surface area (Å²) in [6, 6.07) is 21.5. The zero-order valence-corrected chi connectivity index (χ0v) is 27.4. The third kappa shape index (κ3) is 9.47. The van der Waals surface area contributed by atoms with Gasteiger partial charge in [-0.1, -0.05) is 88.8 Å². The fraction of sp³-hybridized carbons (Fsp3) is 0.368. The van der Waals surface area contributed by atoms with Crippen LogP contribution < -0.4 is 9.47 Å². The quantitative estimate of drug-likeness (QED) is 0.113. The van der Waals surface area contributed by atoms with Crippen LogP contribution in [0.5, 0.6) is 11.5 Å². The molecule has 0 aliphatic rings.